The number of fused-ring (bicyclic) bond motifs is 2. The average molecular weight is 292 g/mol. The minimum atomic E-state index is 0.288. The van der Waals surface area contributed by atoms with Crippen molar-refractivity contribution in [1.29, 1.82) is 0 Å². The maximum Gasteiger partial charge on any atom is 0.220 e. The third kappa shape index (κ3) is 3.61. The predicted molar refractivity (Wildman–Crippen MR) is 85.9 cm³/mol. The van der Waals surface area contributed by atoms with Crippen LogP contribution in [0.15, 0.2) is 0 Å². The van der Waals surface area contributed by atoms with E-state index >= 15 is 0 Å². The Bertz CT molecular complexity index is 364. The molecule has 3 nitrogen and oxygen atoms in total. The van der Waals surface area contributed by atoms with E-state index < -0.39 is 0 Å². The summed E-state index contributed by atoms with van der Waals surface area (Å²) in [6.45, 7) is 6.74. The van der Waals surface area contributed by atoms with Crippen molar-refractivity contribution in [3.8, 4) is 0 Å². The van der Waals surface area contributed by atoms with Gasteiger partial charge in [-0.05, 0) is 81.7 Å². The van der Waals surface area contributed by atoms with Crippen molar-refractivity contribution in [1.82, 2.24) is 10.6 Å². The molecule has 0 aromatic carbocycles. The number of hydrogen-bond acceptors (Lipinski definition) is 2. The molecule has 5 unspecified atom stereocenters. The van der Waals surface area contributed by atoms with Crippen LogP contribution in [-0.4, -0.2) is 25.0 Å². The van der Waals surface area contributed by atoms with Crippen LogP contribution < -0.4 is 10.6 Å². The van der Waals surface area contributed by atoms with E-state index in [1.54, 1.807) is 0 Å². The molecule has 0 radical (unpaired) electrons. The van der Waals surface area contributed by atoms with Crippen molar-refractivity contribution in [2.24, 2.45) is 29.6 Å². The summed E-state index contributed by atoms with van der Waals surface area (Å²) >= 11 is 0. The van der Waals surface area contributed by atoms with Gasteiger partial charge in [0.15, 0.2) is 0 Å². The van der Waals surface area contributed by atoms with E-state index in [9.17, 15) is 4.79 Å². The molecule has 3 rings (SSSR count). The van der Waals surface area contributed by atoms with Gasteiger partial charge in [-0.15, -0.1) is 0 Å². The van der Waals surface area contributed by atoms with E-state index in [0.717, 1.165) is 43.2 Å². The lowest BCUT2D eigenvalue weighted by Gasteiger charge is -2.30. The number of carbonyl (C=O) groups is 1. The Kier molecular flexibility index (Phi) is 4.88. The van der Waals surface area contributed by atoms with Gasteiger partial charge in [-0.1, -0.05) is 13.3 Å². The van der Waals surface area contributed by atoms with Gasteiger partial charge >= 0.3 is 0 Å². The summed E-state index contributed by atoms with van der Waals surface area (Å²) in [6.07, 6.45) is 8.81. The molecule has 3 aliphatic rings. The first-order chi connectivity index (χ1) is 10.1. The summed E-state index contributed by atoms with van der Waals surface area (Å²) in [5.41, 5.74) is 0. The zero-order valence-corrected chi connectivity index (χ0v) is 13.7. The van der Waals surface area contributed by atoms with E-state index in [0.29, 0.717) is 12.0 Å². The summed E-state index contributed by atoms with van der Waals surface area (Å²) in [7, 11) is 0. The third-order valence-corrected chi connectivity index (χ3v) is 6.52. The van der Waals surface area contributed by atoms with Crippen LogP contribution in [0.1, 0.15) is 58.8 Å². The Morgan fingerprint density at radius 1 is 1.14 bits per heavy atom. The lowest BCUT2D eigenvalue weighted by atomic mass is 9.82. The normalized spacial score (nSPS) is 35.6. The molecular weight excluding hydrogens is 260 g/mol. The molecular formula is C18H32N2O. The minimum absolute atomic E-state index is 0.288. The van der Waals surface area contributed by atoms with Crippen molar-refractivity contribution < 1.29 is 4.79 Å². The van der Waals surface area contributed by atoms with Crippen LogP contribution in [0.2, 0.25) is 0 Å². The van der Waals surface area contributed by atoms with Crippen LogP contribution in [0, 0.1) is 29.6 Å². The molecule has 3 heteroatoms. The number of nitrogens with one attached hydrogen (secondary N) is 2. The van der Waals surface area contributed by atoms with Gasteiger partial charge in [0.1, 0.15) is 0 Å². The van der Waals surface area contributed by atoms with Gasteiger partial charge in [-0.25, -0.2) is 0 Å². The van der Waals surface area contributed by atoms with Gasteiger partial charge in [-0.3, -0.25) is 4.79 Å². The highest BCUT2D eigenvalue weighted by Crippen LogP contribution is 2.49. The van der Waals surface area contributed by atoms with Crippen LogP contribution in [0.4, 0.5) is 0 Å². The second-order valence-electron chi connectivity index (χ2n) is 7.96. The molecule has 1 aliphatic heterocycles. The van der Waals surface area contributed by atoms with Crippen molar-refractivity contribution in [3.63, 3.8) is 0 Å². The maximum absolute atomic E-state index is 12.3. The molecule has 21 heavy (non-hydrogen) atoms. The molecule has 1 heterocycles. The lowest BCUT2D eigenvalue weighted by Crippen LogP contribution is -2.41. The summed E-state index contributed by atoms with van der Waals surface area (Å²) in [4.78, 5) is 12.3. The molecule has 2 aliphatic carbocycles. The van der Waals surface area contributed by atoms with Gasteiger partial charge in [0.25, 0.3) is 0 Å². The number of piperidine rings is 1. The smallest absolute Gasteiger partial charge is 0.220 e. The molecule has 0 aromatic rings. The molecule has 2 N–H and O–H groups in total. The molecule has 2 bridgehead atoms. The van der Waals surface area contributed by atoms with Crippen LogP contribution in [0.5, 0.6) is 0 Å². The van der Waals surface area contributed by atoms with E-state index in [2.05, 4.69) is 24.5 Å². The van der Waals surface area contributed by atoms with Crippen LogP contribution in [0.25, 0.3) is 0 Å². The van der Waals surface area contributed by atoms with Gasteiger partial charge < -0.3 is 10.6 Å². The van der Waals surface area contributed by atoms with Crippen LogP contribution in [0.3, 0.4) is 0 Å². The zero-order chi connectivity index (χ0) is 14.8. The first kappa shape index (κ1) is 15.3. The Morgan fingerprint density at radius 3 is 2.52 bits per heavy atom. The number of hydrogen-bond donors (Lipinski definition) is 2. The number of carbonyl (C=O) groups excluding carboxylic acids is 1. The van der Waals surface area contributed by atoms with Gasteiger partial charge in [0.05, 0.1) is 0 Å². The Labute approximate surface area is 129 Å². The fourth-order valence-corrected chi connectivity index (χ4v) is 5.20. The molecule has 1 saturated heterocycles. The van der Waals surface area contributed by atoms with Crippen molar-refractivity contribution >= 4 is 5.91 Å². The first-order valence-electron chi connectivity index (χ1n) is 9.13. The third-order valence-electron chi connectivity index (χ3n) is 6.52. The van der Waals surface area contributed by atoms with E-state index in [1.165, 1.54) is 38.5 Å². The predicted octanol–water partition coefficient (Wildman–Crippen LogP) is 2.95. The van der Waals surface area contributed by atoms with Crippen LogP contribution >= 0.6 is 0 Å². The fourth-order valence-electron chi connectivity index (χ4n) is 5.20. The Hall–Kier alpha value is -0.570. The molecule has 1 amide bonds. The second-order valence-corrected chi connectivity index (χ2v) is 7.96. The zero-order valence-electron chi connectivity index (χ0n) is 13.7. The Balaban J connectivity index is 1.43. The molecule has 3 fully saturated rings. The van der Waals surface area contributed by atoms with E-state index in [1.807, 2.05) is 0 Å². The van der Waals surface area contributed by atoms with Gasteiger partial charge in [0, 0.05) is 12.5 Å². The summed E-state index contributed by atoms with van der Waals surface area (Å²) in [5.74, 6) is 4.16. The topological polar surface area (TPSA) is 41.1 Å². The monoisotopic (exact) mass is 292 g/mol. The first-order valence-corrected chi connectivity index (χ1v) is 9.13. The minimum Gasteiger partial charge on any atom is -0.353 e. The fraction of sp³-hybridized carbons (Fsp3) is 0.944. The van der Waals surface area contributed by atoms with Crippen molar-refractivity contribution in [2.45, 2.75) is 64.8 Å². The van der Waals surface area contributed by atoms with Crippen molar-refractivity contribution in [2.75, 3.05) is 13.1 Å². The average Bonchev–Trinajstić information content (AvgIpc) is 3.10. The molecule has 5 atom stereocenters. The lowest BCUT2D eigenvalue weighted by molar-refractivity contribution is -0.123. The number of amides is 1. The molecule has 0 spiro atoms. The number of rotatable bonds is 5. The summed E-state index contributed by atoms with van der Waals surface area (Å²) in [5, 5.41) is 6.73. The van der Waals surface area contributed by atoms with E-state index in [4.69, 9.17) is 0 Å². The standard InChI is InChI=1S/C18H32N2O/c1-12(15-5-7-19-8-6-15)9-18(21)20-13(2)17-11-14-3-4-16(17)10-14/h12-17,19H,3-11H2,1-2H3,(H,20,21). The molecule has 0 aromatic heterocycles. The largest absolute Gasteiger partial charge is 0.353 e. The quantitative estimate of drug-likeness (QED) is 0.818. The SMILES string of the molecule is CC(CC(=O)NC(C)C1CC2CCC1C2)C1CCNCC1. The molecule has 120 valence electrons. The highest BCUT2D eigenvalue weighted by molar-refractivity contribution is 5.76. The highest BCUT2D eigenvalue weighted by Gasteiger charge is 2.42. The summed E-state index contributed by atoms with van der Waals surface area (Å²) in [6, 6.07) is 0.382. The van der Waals surface area contributed by atoms with Crippen molar-refractivity contribution in [3.05, 3.63) is 0 Å². The van der Waals surface area contributed by atoms with Crippen LogP contribution in [-0.2, 0) is 4.79 Å². The second kappa shape index (κ2) is 6.68. The highest BCUT2D eigenvalue weighted by atomic mass is 16.1. The van der Waals surface area contributed by atoms with Gasteiger partial charge in [0.2, 0.25) is 5.91 Å². The maximum atomic E-state index is 12.3. The van der Waals surface area contributed by atoms with E-state index in [-0.39, 0.29) is 5.91 Å². The van der Waals surface area contributed by atoms with Gasteiger partial charge in [-0.2, -0.15) is 0 Å². The summed E-state index contributed by atoms with van der Waals surface area (Å²) < 4.78 is 0. The Morgan fingerprint density at radius 2 is 1.90 bits per heavy atom. The molecule has 2 saturated carbocycles.